The summed E-state index contributed by atoms with van der Waals surface area (Å²) < 4.78 is 16.6. The molecule has 1 aromatic carbocycles. The average Bonchev–Trinajstić information content (AvgIpc) is 3.29. The van der Waals surface area contributed by atoms with Crippen LogP contribution in [0.15, 0.2) is 58.1 Å². The van der Waals surface area contributed by atoms with Gasteiger partial charge in [-0.1, -0.05) is 30.3 Å². The van der Waals surface area contributed by atoms with Crippen molar-refractivity contribution in [2.45, 2.75) is 19.4 Å². The predicted octanol–water partition coefficient (Wildman–Crippen LogP) is 2.69. The second-order valence-electron chi connectivity index (χ2n) is 7.14. The summed E-state index contributed by atoms with van der Waals surface area (Å²) in [4.78, 5) is 17.7. The first-order valence-corrected chi connectivity index (χ1v) is 10.6. The van der Waals surface area contributed by atoms with Crippen LogP contribution in [-0.2, 0) is 27.3 Å². The molecule has 9 heteroatoms. The Labute approximate surface area is 207 Å². The molecule has 1 aromatic heterocycles. The van der Waals surface area contributed by atoms with Crippen molar-refractivity contribution in [3.05, 3.63) is 60.1 Å². The minimum absolute atomic E-state index is 0. The van der Waals surface area contributed by atoms with E-state index in [0.29, 0.717) is 45.5 Å². The van der Waals surface area contributed by atoms with E-state index < -0.39 is 0 Å². The van der Waals surface area contributed by atoms with E-state index in [2.05, 4.69) is 15.6 Å². The van der Waals surface area contributed by atoms with Crippen molar-refractivity contribution in [1.29, 1.82) is 0 Å². The molecule has 2 rings (SSSR count). The molecule has 0 unspecified atom stereocenters. The Morgan fingerprint density at radius 1 is 1.00 bits per heavy atom. The monoisotopic (exact) mass is 558 g/mol. The summed E-state index contributed by atoms with van der Waals surface area (Å²) in [6.45, 7) is 3.79. The number of nitrogens with zero attached hydrogens (tertiary/aromatic N) is 2. The van der Waals surface area contributed by atoms with Crippen molar-refractivity contribution in [1.82, 2.24) is 15.5 Å². The Balaban J connectivity index is 0.00000512. The van der Waals surface area contributed by atoms with Gasteiger partial charge in [-0.2, -0.15) is 0 Å². The number of nitrogens with one attached hydrogen (secondary N) is 2. The van der Waals surface area contributed by atoms with Gasteiger partial charge in [-0.05, 0) is 24.1 Å². The molecule has 178 valence electrons. The molecule has 2 aromatic rings. The SMILES string of the molecule is CN(C)C(=O)CN=C(NCCCOCCOCc1ccccc1)NCCc1ccco1.I. The zero-order valence-corrected chi connectivity index (χ0v) is 21.2. The maximum absolute atomic E-state index is 11.8. The summed E-state index contributed by atoms with van der Waals surface area (Å²) in [5.41, 5.74) is 1.16. The maximum Gasteiger partial charge on any atom is 0.243 e. The number of ether oxygens (including phenoxy) is 2. The zero-order chi connectivity index (χ0) is 22.2. The second-order valence-corrected chi connectivity index (χ2v) is 7.14. The number of amides is 1. The van der Waals surface area contributed by atoms with Gasteiger partial charge in [0.1, 0.15) is 12.3 Å². The number of benzene rings is 1. The first-order chi connectivity index (χ1) is 15.1. The fraction of sp³-hybridized carbons (Fsp3) is 0.478. The normalized spacial score (nSPS) is 11.0. The van der Waals surface area contributed by atoms with Crippen molar-refractivity contribution in [3.8, 4) is 0 Å². The number of furan rings is 1. The number of halogens is 1. The third-order valence-corrected chi connectivity index (χ3v) is 4.36. The van der Waals surface area contributed by atoms with Crippen LogP contribution in [0.3, 0.4) is 0 Å². The molecule has 0 saturated carbocycles. The first-order valence-electron chi connectivity index (χ1n) is 10.6. The van der Waals surface area contributed by atoms with E-state index in [1.807, 2.05) is 42.5 Å². The van der Waals surface area contributed by atoms with Gasteiger partial charge in [0.05, 0.1) is 26.1 Å². The largest absolute Gasteiger partial charge is 0.469 e. The van der Waals surface area contributed by atoms with Crippen LogP contribution in [0.5, 0.6) is 0 Å². The van der Waals surface area contributed by atoms with Crippen molar-refractivity contribution >= 4 is 35.8 Å². The molecule has 0 aliphatic rings. The highest BCUT2D eigenvalue weighted by atomic mass is 127. The molecule has 8 nitrogen and oxygen atoms in total. The fourth-order valence-electron chi connectivity index (χ4n) is 2.59. The number of carbonyl (C=O) groups excluding carboxylic acids is 1. The van der Waals surface area contributed by atoms with Gasteiger partial charge in [0.25, 0.3) is 0 Å². The summed E-state index contributed by atoms with van der Waals surface area (Å²) in [6.07, 6.45) is 3.21. The van der Waals surface area contributed by atoms with Gasteiger partial charge in [0.2, 0.25) is 5.91 Å². The van der Waals surface area contributed by atoms with Crippen LogP contribution in [0, 0.1) is 0 Å². The molecule has 32 heavy (non-hydrogen) atoms. The number of hydrogen-bond donors (Lipinski definition) is 2. The summed E-state index contributed by atoms with van der Waals surface area (Å²) in [5, 5.41) is 6.48. The van der Waals surface area contributed by atoms with E-state index in [1.54, 1.807) is 20.4 Å². The van der Waals surface area contributed by atoms with Crippen molar-refractivity contribution in [2.75, 3.05) is 53.6 Å². The highest BCUT2D eigenvalue weighted by molar-refractivity contribution is 14.0. The summed E-state index contributed by atoms with van der Waals surface area (Å²) >= 11 is 0. The first kappa shape index (κ1) is 27.9. The minimum atomic E-state index is -0.0500. The number of guanidine groups is 1. The Morgan fingerprint density at radius 2 is 1.75 bits per heavy atom. The van der Waals surface area contributed by atoms with Crippen LogP contribution >= 0.6 is 24.0 Å². The summed E-state index contributed by atoms with van der Waals surface area (Å²) in [6, 6.07) is 13.9. The average molecular weight is 558 g/mol. The van der Waals surface area contributed by atoms with E-state index >= 15 is 0 Å². The lowest BCUT2D eigenvalue weighted by molar-refractivity contribution is -0.127. The summed E-state index contributed by atoms with van der Waals surface area (Å²) in [7, 11) is 3.44. The number of aliphatic imine (C=N–C) groups is 1. The van der Waals surface area contributed by atoms with Gasteiger partial charge < -0.3 is 29.4 Å². The topological polar surface area (TPSA) is 88.3 Å². The molecule has 0 fully saturated rings. The van der Waals surface area contributed by atoms with Gasteiger partial charge in [-0.3, -0.25) is 4.79 Å². The molecule has 1 amide bonds. The van der Waals surface area contributed by atoms with Crippen LogP contribution in [0.2, 0.25) is 0 Å². The van der Waals surface area contributed by atoms with Crippen molar-refractivity contribution < 1.29 is 18.7 Å². The molecule has 0 aliphatic heterocycles. The fourth-order valence-corrected chi connectivity index (χ4v) is 2.59. The Bertz CT molecular complexity index is 755. The van der Waals surface area contributed by atoms with E-state index in [0.717, 1.165) is 24.2 Å². The summed E-state index contributed by atoms with van der Waals surface area (Å²) in [5.74, 6) is 1.46. The predicted molar refractivity (Wildman–Crippen MR) is 136 cm³/mol. The van der Waals surface area contributed by atoms with Crippen LogP contribution < -0.4 is 10.6 Å². The molecule has 2 N–H and O–H groups in total. The van der Waals surface area contributed by atoms with Crippen LogP contribution in [-0.4, -0.2) is 70.3 Å². The number of rotatable bonds is 14. The van der Waals surface area contributed by atoms with E-state index in [4.69, 9.17) is 13.9 Å². The van der Waals surface area contributed by atoms with Crippen LogP contribution in [0.4, 0.5) is 0 Å². The van der Waals surface area contributed by atoms with Crippen LogP contribution in [0.25, 0.3) is 0 Å². The molecule has 0 aliphatic carbocycles. The highest BCUT2D eigenvalue weighted by Gasteiger charge is 2.05. The number of hydrogen-bond acceptors (Lipinski definition) is 5. The number of carbonyl (C=O) groups is 1. The van der Waals surface area contributed by atoms with Gasteiger partial charge in [-0.15, -0.1) is 24.0 Å². The molecule has 0 spiro atoms. The third-order valence-electron chi connectivity index (χ3n) is 4.36. The zero-order valence-electron chi connectivity index (χ0n) is 18.9. The minimum Gasteiger partial charge on any atom is -0.469 e. The van der Waals surface area contributed by atoms with Gasteiger partial charge >= 0.3 is 0 Å². The van der Waals surface area contributed by atoms with Crippen molar-refractivity contribution in [2.24, 2.45) is 4.99 Å². The molecule has 0 saturated heterocycles. The van der Waals surface area contributed by atoms with Crippen molar-refractivity contribution in [3.63, 3.8) is 0 Å². The lowest BCUT2D eigenvalue weighted by atomic mass is 10.2. The smallest absolute Gasteiger partial charge is 0.243 e. The molecule has 0 atom stereocenters. The lowest BCUT2D eigenvalue weighted by Gasteiger charge is -2.13. The number of likely N-dealkylation sites (N-methyl/N-ethyl adjacent to an activating group) is 1. The highest BCUT2D eigenvalue weighted by Crippen LogP contribution is 2.00. The third kappa shape index (κ3) is 12.7. The lowest BCUT2D eigenvalue weighted by Crippen LogP contribution is -2.40. The van der Waals surface area contributed by atoms with Gasteiger partial charge in [0.15, 0.2) is 5.96 Å². The van der Waals surface area contributed by atoms with Gasteiger partial charge in [-0.25, -0.2) is 4.99 Å². The molecular formula is C23H35IN4O4. The second kappa shape index (κ2) is 17.4. The molecule has 0 bridgehead atoms. The standard InChI is InChI=1S/C23H34N4O4.HI/c1-27(2)22(28)18-26-23(25-13-11-21-10-6-15-31-21)24-12-7-14-29-16-17-30-19-20-8-4-3-5-9-20;/h3-6,8-10,15H,7,11-14,16-19H2,1-2H3,(H2,24,25,26);1H. The molecule has 0 radical (unpaired) electrons. The van der Waals surface area contributed by atoms with E-state index in [-0.39, 0.29) is 36.4 Å². The van der Waals surface area contributed by atoms with E-state index in [9.17, 15) is 4.79 Å². The van der Waals surface area contributed by atoms with Crippen LogP contribution in [0.1, 0.15) is 17.7 Å². The Hall–Kier alpha value is -2.11. The van der Waals surface area contributed by atoms with E-state index in [1.165, 1.54) is 4.90 Å². The molecule has 1 heterocycles. The van der Waals surface area contributed by atoms with Gasteiger partial charge in [0, 0.05) is 40.2 Å². The maximum atomic E-state index is 11.8. The molecular weight excluding hydrogens is 523 g/mol. The Kier molecular flexibility index (Phi) is 15.2. The quantitative estimate of drug-likeness (QED) is 0.161. The Morgan fingerprint density at radius 3 is 2.47 bits per heavy atom.